The minimum atomic E-state index is -0.358. The van der Waals surface area contributed by atoms with Crippen molar-refractivity contribution in [2.45, 2.75) is 71.1 Å². The summed E-state index contributed by atoms with van der Waals surface area (Å²) in [5, 5.41) is 5.48. The van der Waals surface area contributed by atoms with Crippen LogP contribution in [0.5, 0.6) is 5.75 Å². The Bertz CT molecular complexity index is 763. The molecular formula is C28H40N2O3. The van der Waals surface area contributed by atoms with E-state index >= 15 is 0 Å². The molecule has 5 nitrogen and oxygen atoms in total. The average molecular weight is 453 g/mol. The van der Waals surface area contributed by atoms with Crippen LogP contribution in [0.4, 0.5) is 0 Å². The van der Waals surface area contributed by atoms with E-state index in [-0.39, 0.29) is 28.7 Å². The van der Waals surface area contributed by atoms with Crippen LogP contribution >= 0.6 is 0 Å². The molecule has 2 amide bonds. The van der Waals surface area contributed by atoms with Gasteiger partial charge in [-0.15, -0.1) is 19.6 Å². The molecule has 2 N–H and O–H groups in total. The predicted octanol–water partition coefficient (Wildman–Crippen LogP) is 5.80. The zero-order valence-electron chi connectivity index (χ0n) is 20.2. The van der Waals surface area contributed by atoms with Gasteiger partial charge in [-0.3, -0.25) is 9.59 Å². The molecule has 180 valence electrons. The van der Waals surface area contributed by atoms with E-state index in [2.05, 4.69) is 36.6 Å². The van der Waals surface area contributed by atoms with Crippen LogP contribution in [0.15, 0.2) is 37.4 Å². The monoisotopic (exact) mass is 452 g/mol. The Kier molecular flexibility index (Phi) is 14.9. The van der Waals surface area contributed by atoms with Crippen molar-refractivity contribution in [3.8, 4) is 18.1 Å². The number of carbonyl (C=O) groups excluding carboxylic acids is 2. The summed E-state index contributed by atoms with van der Waals surface area (Å²) in [5.41, 5.74) is 0.944. The van der Waals surface area contributed by atoms with Gasteiger partial charge < -0.3 is 15.4 Å². The summed E-state index contributed by atoms with van der Waals surface area (Å²) in [6.07, 6.45) is 20.9. The molecule has 0 unspecified atom stereocenters. The smallest absolute Gasteiger partial charge is 0.255 e. The summed E-state index contributed by atoms with van der Waals surface area (Å²) < 4.78 is 6.00. The first-order chi connectivity index (χ1) is 16.1. The third kappa shape index (κ3) is 10.9. The molecule has 0 spiro atoms. The van der Waals surface area contributed by atoms with E-state index in [4.69, 9.17) is 11.2 Å². The van der Waals surface area contributed by atoms with Gasteiger partial charge in [-0.2, -0.15) is 0 Å². The molecule has 1 aromatic rings. The highest BCUT2D eigenvalue weighted by Crippen LogP contribution is 2.27. The van der Waals surface area contributed by atoms with Crippen molar-refractivity contribution in [1.82, 2.24) is 10.6 Å². The number of hydrogen-bond acceptors (Lipinski definition) is 3. The number of terminal acetylenes is 1. The second-order valence-corrected chi connectivity index (χ2v) is 8.07. The average Bonchev–Trinajstić information content (AvgIpc) is 2.83. The van der Waals surface area contributed by atoms with Gasteiger partial charge in [-0.1, -0.05) is 82.8 Å². The van der Waals surface area contributed by atoms with Gasteiger partial charge in [0, 0.05) is 18.7 Å². The number of carbonyl (C=O) groups is 2. The van der Waals surface area contributed by atoms with Crippen LogP contribution in [0, 0.1) is 12.3 Å². The van der Waals surface area contributed by atoms with Crippen LogP contribution in [0.1, 0.15) is 97.4 Å². The molecule has 1 rings (SSSR count). The van der Waals surface area contributed by atoms with Gasteiger partial charge in [0.2, 0.25) is 0 Å². The van der Waals surface area contributed by atoms with Crippen LogP contribution < -0.4 is 15.4 Å². The highest BCUT2D eigenvalue weighted by Gasteiger charge is 2.22. The van der Waals surface area contributed by atoms with Gasteiger partial charge in [0.15, 0.2) is 0 Å². The van der Waals surface area contributed by atoms with Crippen molar-refractivity contribution in [3.05, 3.63) is 54.1 Å². The molecule has 0 aliphatic carbocycles. The number of rotatable bonds is 18. The van der Waals surface area contributed by atoms with Crippen molar-refractivity contribution < 1.29 is 14.3 Å². The number of hydrogen-bond donors (Lipinski definition) is 2. The lowest BCUT2D eigenvalue weighted by Gasteiger charge is -2.16. The van der Waals surface area contributed by atoms with Gasteiger partial charge in [-0.05, 0) is 18.6 Å². The van der Waals surface area contributed by atoms with Gasteiger partial charge in [0.05, 0.1) is 17.7 Å². The normalized spacial score (nSPS) is 10.2. The maximum atomic E-state index is 12.7. The SMILES string of the molecule is C#Cc1cc(C(=O)NCC=C)c(OCCCCCCCCCCCC)c(C(=O)NCC=C)c1. The molecule has 0 atom stereocenters. The number of ether oxygens (including phenoxy) is 1. The molecule has 5 heteroatoms. The molecular weight excluding hydrogens is 412 g/mol. The molecule has 0 aliphatic heterocycles. The second-order valence-electron chi connectivity index (χ2n) is 8.07. The van der Waals surface area contributed by atoms with Gasteiger partial charge in [-0.25, -0.2) is 0 Å². The quantitative estimate of drug-likeness (QED) is 0.168. The van der Waals surface area contributed by atoms with Gasteiger partial charge in [0.1, 0.15) is 5.75 Å². The van der Waals surface area contributed by atoms with E-state index in [1.165, 1.54) is 44.9 Å². The van der Waals surface area contributed by atoms with E-state index in [0.717, 1.165) is 19.3 Å². The van der Waals surface area contributed by atoms with Crippen molar-refractivity contribution in [3.63, 3.8) is 0 Å². The maximum absolute atomic E-state index is 12.7. The Morgan fingerprint density at radius 2 is 1.33 bits per heavy atom. The van der Waals surface area contributed by atoms with E-state index in [1.54, 1.807) is 24.3 Å². The van der Waals surface area contributed by atoms with E-state index in [0.29, 0.717) is 25.3 Å². The van der Waals surface area contributed by atoms with Crippen LogP contribution in [0.25, 0.3) is 0 Å². The van der Waals surface area contributed by atoms with E-state index < -0.39 is 0 Å². The first-order valence-electron chi connectivity index (χ1n) is 12.1. The van der Waals surface area contributed by atoms with Crippen molar-refractivity contribution >= 4 is 11.8 Å². The lowest BCUT2D eigenvalue weighted by molar-refractivity contribution is 0.0950. The summed E-state index contributed by atoms with van der Waals surface area (Å²) in [6, 6.07) is 3.16. The fourth-order valence-corrected chi connectivity index (χ4v) is 3.49. The third-order valence-corrected chi connectivity index (χ3v) is 5.30. The first kappa shape index (κ1) is 28.0. The maximum Gasteiger partial charge on any atom is 0.255 e. The molecule has 0 aromatic heterocycles. The lowest BCUT2D eigenvalue weighted by Crippen LogP contribution is -2.27. The molecule has 0 fully saturated rings. The van der Waals surface area contributed by atoms with E-state index in [9.17, 15) is 9.59 Å². The lowest BCUT2D eigenvalue weighted by atomic mass is 10.0. The van der Waals surface area contributed by atoms with Crippen LogP contribution in [-0.4, -0.2) is 31.5 Å². The molecule has 0 radical (unpaired) electrons. The zero-order chi connectivity index (χ0) is 24.3. The Morgan fingerprint density at radius 3 is 1.76 bits per heavy atom. The number of unbranched alkanes of at least 4 members (excludes halogenated alkanes) is 9. The molecule has 0 saturated heterocycles. The van der Waals surface area contributed by atoms with Crippen molar-refractivity contribution in [1.29, 1.82) is 0 Å². The molecule has 0 bridgehead atoms. The molecule has 0 saturated carbocycles. The van der Waals surface area contributed by atoms with Gasteiger partial charge in [0.25, 0.3) is 11.8 Å². The van der Waals surface area contributed by atoms with Crippen molar-refractivity contribution in [2.75, 3.05) is 19.7 Å². The fourth-order valence-electron chi connectivity index (χ4n) is 3.49. The van der Waals surface area contributed by atoms with Crippen LogP contribution in [0.3, 0.4) is 0 Å². The number of amides is 2. The molecule has 33 heavy (non-hydrogen) atoms. The molecule has 0 aliphatic rings. The topological polar surface area (TPSA) is 67.4 Å². The number of nitrogens with one attached hydrogen (secondary N) is 2. The first-order valence-corrected chi connectivity index (χ1v) is 12.1. The Balaban J connectivity index is 2.77. The summed E-state index contributed by atoms with van der Waals surface area (Å²) in [5.74, 6) is 2.05. The summed E-state index contributed by atoms with van der Waals surface area (Å²) in [6.45, 7) is 10.5. The summed E-state index contributed by atoms with van der Waals surface area (Å²) in [7, 11) is 0. The Morgan fingerprint density at radius 1 is 0.879 bits per heavy atom. The predicted molar refractivity (Wildman–Crippen MR) is 137 cm³/mol. The highest BCUT2D eigenvalue weighted by molar-refractivity contribution is 6.04. The zero-order valence-corrected chi connectivity index (χ0v) is 20.2. The third-order valence-electron chi connectivity index (χ3n) is 5.30. The second kappa shape index (κ2) is 17.5. The Labute approximate surface area is 200 Å². The summed E-state index contributed by atoms with van der Waals surface area (Å²) in [4.78, 5) is 25.5. The van der Waals surface area contributed by atoms with Crippen LogP contribution in [0.2, 0.25) is 0 Å². The van der Waals surface area contributed by atoms with E-state index in [1.807, 2.05) is 0 Å². The Hall–Kier alpha value is -3.00. The minimum absolute atomic E-state index is 0.253. The minimum Gasteiger partial charge on any atom is -0.492 e. The summed E-state index contributed by atoms with van der Waals surface area (Å²) >= 11 is 0. The van der Waals surface area contributed by atoms with Gasteiger partial charge >= 0.3 is 0 Å². The standard InChI is InChI=1S/C28H40N2O3/c1-5-9-10-11-12-13-14-15-16-17-20-33-26-24(27(31)29-18-6-2)21-23(8-4)22-25(26)28(32)30-19-7-3/h4,6-7,21-22H,2-3,5,9-20H2,1H3,(H,29,31)(H,30,32). The molecule has 1 aromatic carbocycles. The highest BCUT2D eigenvalue weighted by atomic mass is 16.5. The largest absolute Gasteiger partial charge is 0.492 e. The fraction of sp³-hybridized carbons (Fsp3) is 0.500. The van der Waals surface area contributed by atoms with Crippen LogP contribution in [-0.2, 0) is 0 Å². The van der Waals surface area contributed by atoms with Crippen molar-refractivity contribution in [2.24, 2.45) is 0 Å². The number of benzene rings is 1. The molecule has 0 heterocycles.